The van der Waals surface area contributed by atoms with Gasteiger partial charge in [0.2, 0.25) is 0 Å². The first kappa shape index (κ1) is 22.3. The second-order valence-corrected chi connectivity index (χ2v) is 10.6. The van der Waals surface area contributed by atoms with Gasteiger partial charge < -0.3 is 15.6 Å². The molecule has 35 heavy (non-hydrogen) atoms. The van der Waals surface area contributed by atoms with Gasteiger partial charge in [0, 0.05) is 52.9 Å². The predicted molar refractivity (Wildman–Crippen MR) is 138 cm³/mol. The molecule has 0 bridgehead atoms. The van der Waals surface area contributed by atoms with Crippen LogP contribution >= 0.6 is 0 Å². The van der Waals surface area contributed by atoms with Crippen molar-refractivity contribution in [1.29, 1.82) is 0 Å². The summed E-state index contributed by atoms with van der Waals surface area (Å²) in [6.07, 6.45) is 8.28. The Morgan fingerprint density at radius 3 is 2.77 bits per heavy atom. The van der Waals surface area contributed by atoms with Gasteiger partial charge in [-0.1, -0.05) is 0 Å². The van der Waals surface area contributed by atoms with E-state index < -0.39 is 0 Å². The number of aromatic nitrogens is 4. The van der Waals surface area contributed by atoms with Crippen molar-refractivity contribution in [2.24, 2.45) is 5.73 Å². The summed E-state index contributed by atoms with van der Waals surface area (Å²) in [5.74, 6) is 0.508. The number of H-pyrrole nitrogens is 1. The zero-order chi connectivity index (χ0) is 24.3. The third-order valence-corrected chi connectivity index (χ3v) is 8.21. The van der Waals surface area contributed by atoms with E-state index in [4.69, 9.17) is 15.8 Å². The summed E-state index contributed by atoms with van der Waals surface area (Å²) >= 11 is 0. The van der Waals surface area contributed by atoms with Crippen molar-refractivity contribution >= 4 is 22.5 Å². The van der Waals surface area contributed by atoms with Crippen LogP contribution in [-0.4, -0.2) is 43.0 Å². The summed E-state index contributed by atoms with van der Waals surface area (Å²) < 4.78 is 1.89. The number of amides is 1. The first-order chi connectivity index (χ1) is 16.9. The smallest absolute Gasteiger partial charge is 0.254 e. The Morgan fingerprint density at radius 2 is 1.97 bits per heavy atom. The van der Waals surface area contributed by atoms with Gasteiger partial charge in [0.05, 0.1) is 17.4 Å². The molecule has 1 aliphatic heterocycles. The highest BCUT2D eigenvalue weighted by Crippen LogP contribution is 2.36. The second kappa shape index (κ2) is 8.48. The van der Waals surface area contributed by atoms with Gasteiger partial charge in [0.25, 0.3) is 5.91 Å². The maximum atomic E-state index is 13.7. The molecule has 3 atom stereocenters. The van der Waals surface area contributed by atoms with Gasteiger partial charge in [0.1, 0.15) is 0 Å². The van der Waals surface area contributed by atoms with E-state index in [9.17, 15) is 4.79 Å². The van der Waals surface area contributed by atoms with Gasteiger partial charge in [-0.2, -0.15) is 5.10 Å². The van der Waals surface area contributed by atoms with Gasteiger partial charge in [0.15, 0.2) is 5.65 Å². The molecule has 7 nitrogen and oxygen atoms in total. The number of carbonyl (C=O) groups excluding carboxylic acids is 1. The van der Waals surface area contributed by atoms with E-state index in [1.807, 2.05) is 27.6 Å². The molecule has 1 amide bonds. The number of fused-ring (bicyclic) bond motifs is 2. The first-order valence-electron chi connectivity index (χ1n) is 12.9. The molecule has 1 saturated heterocycles. The van der Waals surface area contributed by atoms with E-state index in [2.05, 4.69) is 38.0 Å². The number of hydrogen-bond acceptors (Lipinski definition) is 4. The zero-order valence-electron chi connectivity index (χ0n) is 20.8. The molecule has 0 radical (unpaired) electrons. The second-order valence-electron chi connectivity index (χ2n) is 10.6. The van der Waals surface area contributed by atoms with Crippen LogP contribution < -0.4 is 5.73 Å². The fraction of sp³-hybridized carbons (Fsp3) is 0.464. The van der Waals surface area contributed by atoms with E-state index in [0.717, 1.165) is 89.8 Å². The van der Waals surface area contributed by atoms with Crippen LogP contribution in [0.25, 0.3) is 16.6 Å². The lowest BCUT2D eigenvalue weighted by molar-refractivity contribution is 0.0606. The van der Waals surface area contributed by atoms with Crippen LogP contribution in [-0.2, 0) is 0 Å². The van der Waals surface area contributed by atoms with Crippen molar-refractivity contribution in [3.63, 3.8) is 0 Å². The SMILES string of the molecule is Cc1cn2nc([C@@H]3CCCCN3C(=O)c3ccc4[nH]c(C)c(C)c4c3)cc2nc1C1CC[C@H](N)C1. The van der Waals surface area contributed by atoms with E-state index in [1.165, 1.54) is 5.56 Å². The topological polar surface area (TPSA) is 92.3 Å². The van der Waals surface area contributed by atoms with Crippen LogP contribution in [0, 0.1) is 20.8 Å². The molecular weight excluding hydrogens is 436 g/mol. The van der Waals surface area contributed by atoms with E-state index >= 15 is 0 Å². The number of nitrogens with zero attached hydrogens (tertiary/aromatic N) is 4. The minimum Gasteiger partial charge on any atom is -0.358 e. The van der Waals surface area contributed by atoms with Crippen LogP contribution in [0.3, 0.4) is 0 Å². The van der Waals surface area contributed by atoms with Crippen LogP contribution in [0.5, 0.6) is 0 Å². The van der Waals surface area contributed by atoms with Gasteiger partial charge >= 0.3 is 0 Å². The Labute approximate surface area is 205 Å². The zero-order valence-corrected chi connectivity index (χ0v) is 20.8. The average molecular weight is 471 g/mol. The van der Waals surface area contributed by atoms with Crippen LogP contribution in [0.15, 0.2) is 30.5 Å². The van der Waals surface area contributed by atoms with Crippen molar-refractivity contribution in [2.45, 2.75) is 77.3 Å². The molecule has 2 fully saturated rings. The lowest BCUT2D eigenvalue weighted by Crippen LogP contribution is -2.38. The Balaban J connectivity index is 1.33. The van der Waals surface area contributed by atoms with Crippen LogP contribution in [0.4, 0.5) is 0 Å². The van der Waals surface area contributed by atoms with Gasteiger partial charge in [-0.3, -0.25) is 4.79 Å². The average Bonchev–Trinajstić information content (AvgIpc) is 3.55. The van der Waals surface area contributed by atoms with E-state index in [0.29, 0.717) is 5.92 Å². The highest BCUT2D eigenvalue weighted by molar-refractivity contribution is 5.99. The molecule has 4 heterocycles. The van der Waals surface area contributed by atoms with Crippen molar-refractivity contribution < 1.29 is 4.79 Å². The predicted octanol–water partition coefficient (Wildman–Crippen LogP) is 5.10. The lowest BCUT2D eigenvalue weighted by Gasteiger charge is -2.34. The van der Waals surface area contributed by atoms with Gasteiger partial charge in [-0.15, -0.1) is 0 Å². The number of hydrogen-bond donors (Lipinski definition) is 2. The largest absolute Gasteiger partial charge is 0.358 e. The standard InChI is InChI=1S/C28H34N6O/c1-16-15-34-26(31-27(16)19-7-9-21(29)12-19)14-24(32-34)25-6-4-5-11-33(25)28(35)20-8-10-23-22(13-20)17(2)18(3)30-23/h8,10,13-15,19,21,25,30H,4-7,9,11-12,29H2,1-3H3/t19?,21-,25-/m0/s1. The molecule has 182 valence electrons. The molecular formula is C28H34N6O. The van der Waals surface area contributed by atoms with Crippen LogP contribution in [0.2, 0.25) is 0 Å². The number of carbonyl (C=O) groups is 1. The minimum atomic E-state index is -0.0358. The molecule has 4 aromatic rings. The summed E-state index contributed by atoms with van der Waals surface area (Å²) in [5.41, 5.74) is 14.4. The fourth-order valence-corrected chi connectivity index (χ4v) is 6.13. The maximum Gasteiger partial charge on any atom is 0.254 e. The molecule has 3 aromatic heterocycles. The number of piperidine rings is 1. The molecule has 3 N–H and O–H groups in total. The van der Waals surface area contributed by atoms with Crippen molar-refractivity contribution in [2.75, 3.05) is 6.54 Å². The Kier molecular flexibility index (Phi) is 5.40. The summed E-state index contributed by atoms with van der Waals surface area (Å²) in [6, 6.07) is 8.32. The molecule has 1 unspecified atom stereocenters. The summed E-state index contributed by atoms with van der Waals surface area (Å²) in [6.45, 7) is 7.04. The molecule has 0 spiro atoms. The normalized spacial score (nSPS) is 23.0. The summed E-state index contributed by atoms with van der Waals surface area (Å²) in [5, 5.41) is 6.02. The van der Waals surface area contributed by atoms with Crippen LogP contribution in [0.1, 0.15) is 89.1 Å². The Hall–Kier alpha value is -3.19. The first-order valence-corrected chi connectivity index (χ1v) is 12.9. The molecule has 1 aliphatic carbocycles. The van der Waals surface area contributed by atoms with Crippen molar-refractivity contribution in [3.05, 3.63) is 64.2 Å². The number of aryl methyl sites for hydroxylation is 3. The van der Waals surface area contributed by atoms with E-state index in [1.54, 1.807) is 0 Å². The van der Waals surface area contributed by atoms with Crippen molar-refractivity contribution in [3.8, 4) is 0 Å². The maximum absolute atomic E-state index is 13.7. The number of nitrogens with two attached hydrogens (primary N) is 1. The minimum absolute atomic E-state index is 0.0358. The molecule has 1 aromatic carbocycles. The number of rotatable bonds is 3. The highest BCUT2D eigenvalue weighted by atomic mass is 16.2. The Bertz CT molecular complexity index is 1430. The fourth-order valence-electron chi connectivity index (χ4n) is 6.13. The monoisotopic (exact) mass is 470 g/mol. The molecule has 2 aliphatic rings. The third-order valence-electron chi connectivity index (χ3n) is 8.21. The number of aromatic amines is 1. The number of likely N-dealkylation sites (tertiary alicyclic amines) is 1. The molecule has 1 saturated carbocycles. The quantitative estimate of drug-likeness (QED) is 0.436. The summed E-state index contributed by atoms with van der Waals surface area (Å²) in [7, 11) is 0. The summed E-state index contributed by atoms with van der Waals surface area (Å²) in [4.78, 5) is 24.2. The number of nitrogens with one attached hydrogen (secondary N) is 1. The third kappa shape index (κ3) is 3.82. The molecule has 7 heteroatoms. The molecule has 6 rings (SSSR count). The number of benzene rings is 1. The highest BCUT2D eigenvalue weighted by Gasteiger charge is 2.32. The lowest BCUT2D eigenvalue weighted by atomic mass is 9.97. The van der Waals surface area contributed by atoms with Gasteiger partial charge in [-0.25, -0.2) is 9.50 Å². The van der Waals surface area contributed by atoms with E-state index in [-0.39, 0.29) is 18.0 Å². The Morgan fingerprint density at radius 1 is 1.11 bits per heavy atom. The van der Waals surface area contributed by atoms with Gasteiger partial charge in [-0.05, 0) is 88.6 Å². The van der Waals surface area contributed by atoms with Crippen molar-refractivity contribution in [1.82, 2.24) is 24.5 Å².